The zero-order chi connectivity index (χ0) is 19.4. The minimum atomic E-state index is -2.53. The van der Waals surface area contributed by atoms with E-state index in [1.54, 1.807) is 12.1 Å². The lowest BCUT2D eigenvalue weighted by Gasteiger charge is -2.16. The molecule has 3 rings (SSSR count). The molecule has 1 saturated heterocycles. The highest BCUT2D eigenvalue weighted by Gasteiger charge is 2.33. The fourth-order valence-electron chi connectivity index (χ4n) is 3.17. The summed E-state index contributed by atoms with van der Waals surface area (Å²) in [7, 11) is 0. The third-order valence-electron chi connectivity index (χ3n) is 4.62. The van der Waals surface area contributed by atoms with Gasteiger partial charge in [-0.05, 0) is 17.7 Å². The summed E-state index contributed by atoms with van der Waals surface area (Å²) in [5.41, 5.74) is 0.811. The molecule has 0 aliphatic carbocycles. The predicted octanol–water partition coefficient (Wildman–Crippen LogP) is 2.28. The maximum absolute atomic E-state index is 12.6. The third kappa shape index (κ3) is 4.63. The van der Waals surface area contributed by atoms with Gasteiger partial charge in [0.05, 0.1) is 6.10 Å². The van der Waals surface area contributed by atoms with Crippen molar-refractivity contribution in [1.82, 2.24) is 10.2 Å². The Kier molecular flexibility index (Phi) is 5.72. The van der Waals surface area contributed by atoms with Gasteiger partial charge in [-0.2, -0.15) is 5.26 Å². The van der Waals surface area contributed by atoms with Crippen molar-refractivity contribution in [3.63, 3.8) is 0 Å². The Balaban J connectivity index is 1.56. The average Bonchev–Trinajstić information content (AvgIpc) is 3.02. The van der Waals surface area contributed by atoms with Gasteiger partial charge in [0.25, 0.3) is 6.43 Å². The largest absolute Gasteiger partial charge is 0.391 e. The van der Waals surface area contributed by atoms with Gasteiger partial charge in [-0.1, -0.05) is 24.3 Å². The molecule has 1 aromatic heterocycles. The molecule has 1 aliphatic rings. The summed E-state index contributed by atoms with van der Waals surface area (Å²) in [6, 6.07) is 10.8. The number of carbonyl (C=O) groups excluding carboxylic acids is 1. The van der Waals surface area contributed by atoms with Gasteiger partial charge in [-0.25, -0.2) is 8.78 Å². The van der Waals surface area contributed by atoms with E-state index in [-0.39, 0.29) is 35.8 Å². The lowest BCUT2D eigenvalue weighted by Crippen LogP contribution is -2.22. The lowest BCUT2D eigenvalue weighted by atomic mass is 9.96. The fraction of sp³-hybridized carbons (Fsp3) is 0.368. The summed E-state index contributed by atoms with van der Waals surface area (Å²) < 4.78 is 25.1. The zero-order valence-electron chi connectivity index (χ0n) is 14.4. The quantitative estimate of drug-likeness (QED) is 0.837. The second-order valence-electron chi connectivity index (χ2n) is 6.58. The summed E-state index contributed by atoms with van der Waals surface area (Å²) in [6.07, 6.45) is -2.87. The highest BCUT2D eigenvalue weighted by Crippen LogP contribution is 2.25. The number of rotatable bonds is 6. The normalized spacial score (nSPS) is 19.3. The molecule has 27 heavy (non-hydrogen) atoms. The second-order valence-corrected chi connectivity index (χ2v) is 6.58. The van der Waals surface area contributed by atoms with Crippen LogP contribution in [0, 0.1) is 17.2 Å². The molecule has 2 heterocycles. The molecular formula is C19H18F2N4O2. The number of β-amino-alcohol motifs (C(OH)–C–C–N with tert-alkyl or cyclic N) is 1. The van der Waals surface area contributed by atoms with Crippen molar-refractivity contribution in [3.8, 4) is 6.07 Å². The molecule has 1 N–H and O–H groups in total. The standard InChI is InChI=1S/C19H18F2N4O2/c20-19(21)13-3-1-12(2-4-13)7-16(26)8-14-10-25(11-17(14)27)18-6-5-15(9-22)23-24-18/h1-6,14,17,19,27H,7-8,10-11H2/t14?,17-/m1/s1. The summed E-state index contributed by atoms with van der Waals surface area (Å²) in [6.45, 7) is 0.791. The van der Waals surface area contributed by atoms with Crippen LogP contribution in [0.2, 0.25) is 0 Å². The molecule has 2 aromatic rings. The van der Waals surface area contributed by atoms with Crippen LogP contribution in [-0.2, 0) is 11.2 Å². The molecule has 1 unspecified atom stereocenters. The second kappa shape index (κ2) is 8.18. The van der Waals surface area contributed by atoms with Crippen molar-refractivity contribution in [2.24, 2.45) is 5.92 Å². The number of ketones is 1. The Morgan fingerprint density at radius 1 is 1.22 bits per heavy atom. The number of aliphatic hydroxyl groups is 1. The van der Waals surface area contributed by atoms with Gasteiger partial charge in [0.2, 0.25) is 0 Å². The van der Waals surface area contributed by atoms with E-state index in [4.69, 9.17) is 5.26 Å². The lowest BCUT2D eigenvalue weighted by molar-refractivity contribution is -0.119. The molecule has 1 aromatic carbocycles. The molecule has 8 heteroatoms. The predicted molar refractivity (Wildman–Crippen MR) is 93.2 cm³/mol. The van der Waals surface area contributed by atoms with E-state index in [2.05, 4.69) is 10.2 Å². The number of alkyl halides is 2. The molecule has 0 bridgehead atoms. The molecule has 6 nitrogen and oxygen atoms in total. The van der Waals surface area contributed by atoms with Gasteiger partial charge in [0.15, 0.2) is 11.5 Å². The van der Waals surface area contributed by atoms with Crippen LogP contribution in [-0.4, -0.2) is 40.3 Å². The van der Waals surface area contributed by atoms with Gasteiger partial charge in [0, 0.05) is 37.4 Å². The van der Waals surface area contributed by atoms with Crippen molar-refractivity contribution in [2.45, 2.75) is 25.4 Å². The van der Waals surface area contributed by atoms with Crippen LogP contribution in [0.15, 0.2) is 36.4 Å². The fourth-order valence-corrected chi connectivity index (χ4v) is 3.17. The van der Waals surface area contributed by atoms with Crippen LogP contribution in [0.4, 0.5) is 14.6 Å². The molecule has 140 valence electrons. The number of nitriles is 1. The maximum Gasteiger partial charge on any atom is 0.263 e. The first-order valence-corrected chi connectivity index (χ1v) is 8.52. The zero-order valence-corrected chi connectivity index (χ0v) is 14.4. The summed E-state index contributed by atoms with van der Waals surface area (Å²) in [4.78, 5) is 14.1. The topological polar surface area (TPSA) is 90.1 Å². The third-order valence-corrected chi connectivity index (χ3v) is 4.62. The van der Waals surface area contributed by atoms with E-state index < -0.39 is 12.5 Å². The SMILES string of the molecule is N#Cc1ccc(N2CC(CC(=O)Cc3ccc(C(F)F)cc3)[C@H](O)C2)nn1. The number of hydrogen-bond donors (Lipinski definition) is 1. The first-order chi connectivity index (χ1) is 13.0. The van der Waals surface area contributed by atoms with E-state index in [1.807, 2.05) is 11.0 Å². The molecule has 0 radical (unpaired) electrons. The van der Waals surface area contributed by atoms with Crippen LogP contribution < -0.4 is 4.90 Å². The smallest absolute Gasteiger partial charge is 0.263 e. The Morgan fingerprint density at radius 3 is 2.56 bits per heavy atom. The Bertz CT molecular complexity index is 834. The van der Waals surface area contributed by atoms with Crippen molar-refractivity contribution in [3.05, 3.63) is 53.2 Å². The van der Waals surface area contributed by atoms with Gasteiger partial charge >= 0.3 is 0 Å². The number of anilines is 1. The van der Waals surface area contributed by atoms with E-state index in [9.17, 15) is 18.7 Å². The highest BCUT2D eigenvalue weighted by atomic mass is 19.3. The minimum Gasteiger partial charge on any atom is -0.391 e. The van der Waals surface area contributed by atoms with Crippen LogP contribution in [0.3, 0.4) is 0 Å². The Morgan fingerprint density at radius 2 is 1.96 bits per heavy atom. The highest BCUT2D eigenvalue weighted by molar-refractivity contribution is 5.81. The molecular weight excluding hydrogens is 354 g/mol. The van der Waals surface area contributed by atoms with Crippen LogP contribution in [0.1, 0.15) is 29.7 Å². The number of benzene rings is 1. The van der Waals surface area contributed by atoms with Crippen LogP contribution in [0.5, 0.6) is 0 Å². The molecule has 0 amide bonds. The van der Waals surface area contributed by atoms with Gasteiger partial charge in [-0.15, -0.1) is 10.2 Å². The van der Waals surface area contributed by atoms with Gasteiger partial charge in [0.1, 0.15) is 11.9 Å². The molecule has 2 atom stereocenters. The van der Waals surface area contributed by atoms with Gasteiger partial charge < -0.3 is 10.0 Å². The number of nitrogens with zero attached hydrogens (tertiary/aromatic N) is 4. The molecule has 1 fully saturated rings. The van der Waals surface area contributed by atoms with Crippen molar-refractivity contribution >= 4 is 11.6 Å². The maximum atomic E-state index is 12.6. The number of carbonyl (C=O) groups is 1. The number of Topliss-reactive ketones (excluding diaryl/α,β-unsaturated/α-hetero) is 1. The summed E-state index contributed by atoms with van der Waals surface area (Å²) in [5, 5.41) is 26.8. The number of hydrogen-bond acceptors (Lipinski definition) is 6. The number of aliphatic hydroxyl groups excluding tert-OH is 1. The van der Waals surface area contributed by atoms with E-state index in [0.29, 0.717) is 24.5 Å². The minimum absolute atomic E-state index is 0.0587. The molecule has 0 spiro atoms. The van der Waals surface area contributed by atoms with Crippen LogP contribution in [0.25, 0.3) is 0 Å². The van der Waals surface area contributed by atoms with Gasteiger partial charge in [-0.3, -0.25) is 4.79 Å². The van der Waals surface area contributed by atoms with E-state index >= 15 is 0 Å². The first-order valence-electron chi connectivity index (χ1n) is 8.52. The Labute approximate surface area is 155 Å². The summed E-state index contributed by atoms with van der Waals surface area (Å²) in [5.74, 6) is 0.248. The monoisotopic (exact) mass is 372 g/mol. The van der Waals surface area contributed by atoms with E-state index in [0.717, 1.165) is 0 Å². The van der Waals surface area contributed by atoms with Crippen LogP contribution >= 0.6 is 0 Å². The number of halogens is 2. The Hall–Kier alpha value is -2.92. The number of aromatic nitrogens is 2. The average molecular weight is 372 g/mol. The first kappa shape index (κ1) is 18.9. The molecule has 0 saturated carbocycles. The van der Waals surface area contributed by atoms with Crippen molar-refractivity contribution in [2.75, 3.05) is 18.0 Å². The van der Waals surface area contributed by atoms with E-state index in [1.165, 1.54) is 24.3 Å². The molecule has 1 aliphatic heterocycles. The van der Waals surface area contributed by atoms with Crippen molar-refractivity contribution in [1.29, 1.82) is 5.26 Å². The summed E-state index contributed by atoms with van der Waals surface area (Å²) >= 11 is 0. The van der Waals surface area contributed by atoms with Crippen molar-refractivity contribution < 1.29 is 18.7 Å².